The zero-order valence-electron chi connectivity index (χ0n) is 13.8. The molecule has 0 radical (unpaired) electrons. The smallest absolute Gasteiger partial charge is 0.262 e. The molecule has 0 spiro atoms. The van der Waals surface area contributed by atoms with Gasteiger partial charge < -0.3 is 0 Å². The van der Waals surface area contributed by atoms with Crippen molar-refractivity contribution in [3.63, 3.8) is 0 Å². The number of aliphatic imine (C=N–C) groups is 1. The zero-order chi connectivity index (χ0) is 16.9. The topological polar surface area (TPSA) is 49.7 Å². The van der Waals surface area contributed by atoms with Crippen LogP contribution in [-0.4, -0.2) is 24.6 Å². The normalized spacial score (nSPS) is 22.8. The van der Waals surface area contributed by atoms with Crippen molar-refractivity contribution in [3.05, 3.63) is 65.2 Å². The van der Waals surface area contributed by atoms with Crippen LogP contribution in [0.2, 0.25) is 0 Å². The molecule has 0 saturated carbocycles. The number of sulfonamides is 1. The second kappa shape index (κ2) is 5.45. The SMILES string of the molecule is CC1=N[C@H]2c3ccccc3CC[C@H]2N1S(=O)(=O)c1ccc(C)cc1. The largest absolute Gasteiger partial charge is 0.265 e. The van der Waals surface area contributed by atoms with Gasteiger partial charge in [-0.3, -0.25) is 4.99 Å². The molecule has 1 aliphatic heterocycles. The van der Waals surface area contributed by atoms with Gasteiger partial charge in [-0.25, -0.2) is 12.7 Å². The summed E-state index contributed by atoms with van der Waals surface area (Å²) in [6, 6.07) is 15.1. The van der Waals surface area contributed by atoms with E-state index in [-0.39, 0.29) is 12.1 Å². The zero-order valence-corrected chi connectivity index (χ0v) is 14.6. The molecular formula is C19H20N2O2S. The molecule has 0 fully saturated rings. The van der Waals surface area contributed by atoms with Gasteiger partial charge in [-0.15, -0.1) is 0 Å². The maximum atomic E-state index is 13.2. The fourth-order valence-electron chi connectivity index (χ4n) is 3.79. The van der Waals surface area contributed by atoms with Gasteiger partial charge in [0.15, 0.2) is 0 Å². The van der Waals surface area contributed by atoms with Gasteiger partial charge in [0.05, 0.1) is 17.0 Å². The number of fused-ring (bicyclic) bond motifs is 3. The van der Waals surface area contributed by atoms with Gasteiger partial charge in [-0.05, 0) is 49.9 Å². The van der Waals surface area contributed by atoms with Crippen LogP contribution >= 0.6 is 0 Å². The fraction of sp³-hybridized carbons (Fsp3) is 0.316. The highest BCUT2D eigenvalue weighted by Crippen LogP contribution is 2.42. The quantitative estimate of drug-likeness (QED) is 0.840. The minimum atomic E-state index is -3.58. The van der Waals surface area contributed by atoms with Crippen molar-refractivity contribution >= 4 is 15.9 Å². The molecule has 4 nitrogen and oxygen atoms in total. The minimum Gasteiger partial charge on any atom is -0.262 e. The summed E-state index contributed by atoms with van der Waals surface area (Å²) in [7, 11) is -3.58. The average molecular weight is 340 g/mol. The summed E-state index contributed by atoms with van der Waals surface area (Å²) in [5, 5.41) is 0. The van der Waals surface area contributed by atoms with Crippen molar-refractivity contribution in [1.29, 1.82) is 0 Å². The molecule has 124 valence electrons. The Balaban J connectivity index is 1.76. The highest BCUT2D eigenvalue weighted by atomic mass is 32.2. The van der Waals surface area contributed by atoms with Crippen LogP contribution < -0.4 is 0 Å². The first kappa shape index (κ1) is 15.4. The molecule has 0 unspecified atom stereocenters. The molecule has 1 aliphatic carbocycles. The van der Waals surface area contributed by atoms with Crippen molar-refractivity contribution < 1.29 is 8.42 Å². The fourth-order valence-corrected chi connectivity index (χ4v) is 5.47. The Kier molecular flexibility index (Phi) is 3.49. The van der Waals surface area contributed by atoms with Crippen LogP contribution in [0.25, 0.3) is 0 Å². The van der Waals surface area contributed by atoms with Crippen LogP contribution in [0.15, 0.2) is 58.4 Å². The van der Waals surface area contributed by atoms with Crippen molar-refractivity contribution in [2.45, 2.75) is 43.7 Å². The molecule has 2 aromatic carbocycles. The number of aryl methyl sites for hydroxylation is 2. The average Bonchev–Trinajstić information content (AvgIpc) is 2.92. The highest BCUT2D eigenvalue weighted by molar-refractivity contribution is 7.89. The van der Waals surface area contributed by atoms with E-state index in [1.54, 1.807) is 19.1 Å². The Labute approximate surface area is 142 Å². The van der Waals surface area contributed by atoms with Gasteiger partial charge in [0.25, 0.3) is 10.0 Å². The van der Waals surface area contributed by atoms with Gasteiger partial charge >= 0.3 is 0 Å². The second-order valence-corrected chi connectivity index (χ2v) is 8.35. The lowest BCUT2D eigenvalue weighted by Gasteiger charge is -2.33. The third-order valence-electron chi connectivity index (χ3n) is 4.97. The third kappa shape index (κ3) is 2.26. The number of benzene rings is 2. The molecule has 0 amide bonds. The lowest BCUT2D eigenvalue weighted by molar-refractivity contribution is 0.369. The Morgan fingerprint density at radius 1 is 1.04 bits per heavy atom. The summed E-state index contributed by atoms with van der Waals surface area (Å²) in [6.45, 7) is 3.75. The van der Waals surface area contributed by atoms with E-state index in [2.05, 4.69) is 12.1 Å². The molecule has 0 N–H and O–H groups in total. The molecule has 2 aromatic rings. The Hall–Kier alpha value is -2.14. The maximum absolute atomic E-state index is 13.2. The van der Waals surface area contributed by atoms with Crippen molar-refractivity contribution in [2.75, 3.05) is 0 Å². The molecule has 5 heteroatoms. The van der Waals surface area contributed by atoms with E-state index in [0.29, 0.717) is 10.7 Å². The van der Waals surface area contributed by atoms with Gasteiger partial charge in [-0.2, -0.15) is 0 Å². The summed E-state index contributed by atoms with van der Waals surface area (Å²) in [5.41, 5.74) is 3.49. The van der Waals surface area contributed by atoms with Crippen LogP contribution in [0, 0.1) is 6.92 Å². The van der Waals surface area contributed by atoms with Gasteiger partial charge in [-0.1, -0.05) is 42.0 Å². The Morgan fingerprint density at radius 3 is 2.50 bits per heavy atom. The monoisotopic (exact) mass is 340 g/mol. The molecule has 0 bridgehead atoms. The van der Waals surface area contributed by atoms with E-state index in [1.807, 2.05) is 31.2 Å². The minimum absolute atomic E-state index is 0.0878. The van der Waals surface area contributed by atoms with E-state index in [4.69, 9.17) is 4.99 Å². The van der Waals surface area contributed by atoms with E-state index < -0.39 is 10.0 Å². The van der Waals surface area contributed by atoms with E-state index in [0.717, 1.165) is 24.0 Å². The van der Waals surface area contributed by atoms with Gasteiger partial charge in [0.2, 0.25) is 0 Å². The number of rotatable bonds is 2. The van der Waals surface area contributed by atoms with Crippen LogP contribution in [0.5, 0.6) is 0 Å². The first-order valence-electron chi connectivity index (χ1n) is 8.22. The second-order valence-electron chi connectivity index (χ2n) is 6.54. The lowest BCUT2D eigenvalue weighted by atomic mass is 9.85. The first-order valence-corrected chi connectivity index (χ1v) is 9.66. The van der Waals surface area contributed by atoms with Crippen molar-refractivity contribution in [3.8, 4) is 0 Å². The Morgan fingerprint density at radius 2 is 1.75 bits per heavy atom. The standard InChI is InChI=1S/C19H20N2O2S/c1-13-7-10-16(11-8-13)24(22,23)21-14(2)20-19-17-6-4-3-5-15(17)9-12-18(19)21/h3-8,10-11,18-19H,9,12H2,1-2H3/t18-,19+/m1/s1. The van der Waals surface area contributed by atoms with Crippen LogP contribution in [0.1, 0.15) is 36.1 Å². The van der Waals surface area contributed by atoms with E-state index in [1.165, 1.54) is 9.87 Å². The molecule has 24 heavy (non-hydrogen) atoms. The van der Waals surface area contributed by atoms with E-state index >= 15 is 0 Å². The molecule has 1 heterocycles. The summed E-state index contributed by atoms with van der Waals surface area (Å²) < 4.78 is 27.9. The third-order valence-corrected chi connectivity index (χ3v) is 6.89. The summed E-state index contributed by atoms with van der Waals surface area (Å²) in [4.78, 5) is 5.04. The molecule has 2 atom stereocenters. The summed E-state index contributed by atoms with van der Waals surface area (Å²) in [5.74, 6) is 0.585. The van der Waals surface area contributed by atoms with Crippen LogP contribution in [-0.2, 0) is 16.4 Å². The maximum Gasteiger partial charge on any atom is 0.265 e. The molecular weight excluding hydrogens is 320 g/mol. The number of hydrogen-bond acceptors (Lipinski definition) is 3. The highest BCUT2D eigenvalue weighted by Gasteiger charge is 2.44. The summed E-state index contributed by atoms with van der Waals surface area (Å²) in [6.07, 6.45) is 1.69. The van der Waals surface area contributed by atoms with Crippen LogP contribution in [0.3, 0.4) is 0 Å². The first-order chi connectivity index (χ1) is 11.5. The van der Waals surface area contributed by atoms with Crippen molar-refractivity contribution in [2.24, 2.45) is 4.99 Å². The number of nitrogens with zero attached hydrogens (tertiary/aromatic N) is 2. The predicted octanol–water partition coefficient (Wildman–Crippen LogP) is 3.47. The predicted molar refractivity (Wildman–Crippen MR) is 94.6 cm³/mol. The Bertz CT molecular complexity index is 917. The van der Waals surface area contributed by atoms with Gasteiger partial charge in [0.1, 0.15) is 5.84 Å². The lowest BCUT2D eigenvalue weighted by Crippen LogP contribution is -2.42. The number of hydrogen-bond donors (Lipinski definition) is 0. The summed E-state index contributed by atoms with van der Waals surface area (Å²) >= 11 is 0. The number of amidine groups is 1. The molecule has 0 aromatic heterocycles. The molecule has 4 rings (SSSR count). The molecule has 0 saturated heterocycles. The van der Waals surface area contributed by atoms with E-state index in [9.17, 15) is 8.42 Å². The van der Waals surface area contributed by atoms with Gasteiger partial charge in [0, 0.05) is 0 Å². The molecule has 2 aliphatic rings. The van der Waals surface area contributed by atoms with Crippen LogP contribution in [0.4, 0.5) is 0 Å². The van der Waals surface area contributed by atoms with Crippen molar-refractivity contribution in [1.82, 2.24) is 4.31 Å².